The molecule has 0 spiro atoms. The molecule has 94 valence electrons. The number of aromatic nitrogens is 5. The van der Waals surface area contributed by atoms with Gasteiger partial charge < -0.3 is 9.99 Å². The summed E-state index contributed by atoms with van der Waals surface area (Å²) >= 11 is 1.01. The lowest BCUT2D eigenvalue weighted by molar-refractivity contribution is -0.387. The molecule has 2 aromatic rings. The van der Waals surface area contributed by atoms with Crippen LogP contribution < -0.4 is 11.3 Å². The first-order valence-electron chi connectivity index (χ1n) is 4.61. The summed E-state index contributed by atoms with van der Waals surface area (Å²) in [5.74, 6) is 5.12. The summed E-state index contributed by atoms with van der Waals surface area (Å²) in [6, 6.07) is 0. The van der Waals surface area contributed by atoms with Gasteiger partial charge in [-0.1, -0.05) is 0 Å². The molecule has 0 unspecified atom stereocenters. The van der Waals surface area contributed by atoms with E-state index in [0.29, 0.717) is 5.16 Å². The minimum absolute atomic E-state index is 0.0559. The van der Waals surface area contributed by atoms with Crippen molar-refractivity contribution in [1.82, 2.24) is 24.7 Å². The fraction of sp³-hybridized carbons (Fsp3) is 0.143. The van der Waals surface area contributed by atoms with E-state index in [1.54, 1.807) is 11.6 Å². The van der Waals surface area contributed by atoms with E-state index in [1.165, 1.54) is 12.7 Å². The maximum Gasteiger partial charge on any atom is 0.345 e. The number of nitrogens with one attached hydrogen (secondary N) is 1. The number of nitro groups is 1. The molecule has 0 radical (unpaired) electrons. The minimum Gasteiger partial charge on any atom is -0.311 e. The molecule has 0 aromatic carbocycles. The van der Waals surface area contributed by atoms with Gasteiger partial charge in [-0.25, -0.2) is 15.8 Å². The zero-order valence-corrected chi connectivity index (χ0v) is 9.96. The average Bonchev–Trinajstić information content (AvgIpc) is 2.74. The van der Waals surface area contributed by atoms with Gasteiger partial charge in [0.25, 0.3) is 0 Å². The first kappa shape index (κ1) is 12.2. The molecule has 0 aliphatic heterocycles. The van der Waals surface area contributed by atoms with Crippen LogP contribution in [0.5, 0.6) is 0 Å². The van der Waals surface area contributed by atoms with Gasteiger partial charge in [0.2, 0.25) is 5.82 Å². The quantitative estimate of drug-likeness (QED) is 0.338. The lowest BCUT2D eigenvalue weighted by atomic mass is 10.5. The Balaban J connectivity index is 2.44. The second-order valence-electron chi connectivity index (χ2n) is 3.10. The predicted octanol–water partition coefficient (Wildman–Crippen LogP) is -0.0499. The van der Waals surface area contributed by atoms with Gasteiger partial charge in [-0.05, 0) is 11.8 Å². The van der Waals surface area contributed by atoms with Crippen molar-refractivity contribution in [3.8, 4) is 0 Å². The Hall–Kier alpha value is -2.27. The zero-order valence-electron chi connectivity index (χ0n) is 9.14. The van der Waals surface area contributed by atoms with Gasteiger partial charge in [0.05, 0.1) is 4.92 Å². The van der Waals surface area contributed by atoms with Crippen molar-refractivity contribution < 1.29 is 4.92 Å². The minimum atomic E-state index is -0.603. The number of hydrogen-bond donors (Lipinski definition) is 2. The highest BCUT2D eigenvalue weighted by Gasteiger charge is 2.24. The van der Waals surface area contributed by atoms with Crippen LogP contribution in [0.1, 0.15) is 0 Å². The van der Waals surface area contributed by atoms with Crippen molar-refractivity contribution in [2.45, 2.75) is 10.2 Å². The molecule has 2 aromatic heterocycles. The fourth-order valence-corrected chi connectivity index (χ4v) is 1.98. The van der Waals surface area contributed by atoms with Crippen LogP contribution in [0, 0.1) is 10.1 Å². The summed E-state index contributed by atoms with van der Waals surface area (Å²) in [5, 5.41) is 19.1. The molecule has 11 heteroatoms. The third kappa shape index (κ3) is 2.21. The Kier molecular flexibility index (Phi) is 3.34. The Morgan fingerprint density at radius 3 is 2.89 bits per heavy atom. The maximum absolute atomic E-state index is 11.0. The number of nitrogens with two attached hydrogens (primary N) is 1. The van der Waals surface area contributed by atoms with Gasteiger partial charge >= 0.3 is 5.69 Å². The highest BCUT2D eigenvalue weighted by Crippen LogP contribution is 2.34. The van der Waals surface area contributed by atoms with E-state index in [4.69, 9.17) is 5.84 Å². The SMILES string of the molecule is Cn1cnnc1Sc1ncnc(NN)c1[N+](=O)[O-]. The predicted molar refractivity (Wildman–Crippen MR) is 61.6 cm³/mol. The Labute approximate surface area is 105 Å². The third-order valence-electron chi connectivity index (χ3n) is 1.97. The maximum atomic E-state index is 11.0. The van der Waals surface area contributed by atoms with Crippen molar-refractivity contribution >= 4 is 23.3 Å². The monoisotopic (exact) mass is 268 g/mol. The Morgan fingerprint density at radius 1 is 1.56 bits per heavy atom. The number of nitrogens with zero attached hydrogens (tertiary/aromatic N) is 6. The van der Waals surface area contributed by atoms with E-state index in [2.05, 4.69) is 25.6 Å². The standard InChI is InChI=1S/C7H8N8O2S/c1-14-3-11-13-7(14)18-6-4(15(16)17)5(12-8)9-2-10-6/h2-3H,8H2,1H3,(H,9,10,12). The lowest BCUT2D eigenvalue weighted by Gasteiger charge is -2.04. The van der Waals surface area contributed by atoms with E-state index in [0.717, 1.165) is 11.8 Å². The van der Waals surface area contributed by atoms with Crippen LogP contribution in [0.15, 0.2) is 22.8 Å². The number of rotatable bonds is 4. The molecule has 0 saturated carbocycles. The van der Waals surface area contributed by atoms with Crippen LogP contribution in [-0.2, 0) is 7.05 Å². The molecule has 0 aliphatic rings. The van der Waals surface area contributed by atoms with Crippen LogP contribution in [0.3, 0.4) is 0 Å². The molecule has 0 saturated heterocycles. The molecule has 10 nitrogen and oxygen atoms in total. The molecule has 0 amide bonds. The Morgan fingerprint density at radius 2 is 2.33 bits per heavy atom. The van der Waals surface area contributed by atoms with Crippen molar-refractivity contribution in [3.63, 3.8) is 0 Å². The van der Waals surface area contributed by atoms with Crippen molar-refractivity contribution in [2.75, 3.05) is 5.43 Å². The summed E-state index contributed by atoms with van der Waals surface area (Å²) in [4.78, 5) is 17.9. The topological polar surface area (TPSA) is 138 Å². The van der Waals surface area contributed by atoms with Gasteiger partial charge in [0.1, 0.15) is 12.7 Å². The van der Waals surface area contributed by atoms with Gasteiger partial charge in [0, 0.05) is 7.05 Å². The van der Waals surface area contributed by atoms with E-state index >= 15 is 0 Å². The molecule has 2 rings (SSSR count). The van der Waals surface area contributed by atoms with Crippen molar-refractivity contribution in [3.05, 3.63) is 22.8 Å². The Bertz CT molecular complexity index is 585. The molecule has 2 heterocycles. The summed E-state index contributed by atoms with van der Waals surface area (Å²) in [7, 11) is 1.72. The zero-order chi connectivity index (χ0) is 13.1. The first-order valence-corrected chi connectivity index (χ1v) is 5.43. The van der Waals surface area contributed by atoms with Crippen molar-refractivity contribution in [2.24, 2.45) is 12.9 Å². The summed E-state index contributed by atoms with van der Waals surface area (Å²) in [6.45, 7) is 0. The highest BCUT2D eigenvalue weighted by atomic mass is 32.2. The number of hydrazine groups is 1. The second-order valence-corrected chi connectivity index (χ2v) is 4.06. The van der Waals surface area contributed by atoms with Gasteiger partial charge in [0.15, 0.2) is 10.2 Å². The van der Waals surface area contributed by atoms with Crippen LogP contribution in [-0.4, -0.2) is 29.7 Å². The molecule has 0 atom stereocenters. The summed E-state index contributed by atoms with van der Waals surface area (Å²) in [6.07, 6.45) is 2.67. The van der Waals surface area contributed by atoms with Gasteiger partial charge in [-0.15, -0.1) is 10.2 Å². The van der Waals surface area contributed by atoms with Crippen LogP contribution in [0.4, 0.5) is 11.5 Å². The van der Waals surface area contributed by atoms with E-state index < -0.39 is 4.92 Å². The highest BCUT2D eigenvalue weighted by molar-refractivity contribution is 7.99. The number of nitrogen functional groups attached to an aromatic ring is 1. The molecule has 0 aliphatic carbocycles. The summed E-state index contributed by atoms with van der Waals surface area (Å²) < 4.78 is 1.62. The number of hydrogen-bond acceptors (Lipinski definition) is 9. The molecule has 0 fully saturated rings. The smallest absolute Gasteiger partial charge is 0.311 e. The molecule has 0 bridgehead atoms. The van der Waals surface area contributed by atoms with Crippen LogP contribution in [0.25, 0.3) is 0 Å². The third-order valence-corrected chi connectivity index (χ3v) is 3.01. The van der Waals surface area contributed by atoms with Crippen molar-refractivity contribution in [1.29, 1.82) is 0 Å². The second kappa shape index (κ2) is 4.93. The largest absolute Gasteiger partial charge is 0.345 e. The molecule has 3 N–H and O–H groups in total. The average molecular weight is 268 g/mol. The van der Waals surface area contributed by atoms with Gasteiger partial charge in [-0.3, -0.25) is 10.1 Å². The van der Waals surface area contributed by atoms with Crippen LogP contribution in [0.2, 0.25) is 0 Å². The van der Waals surface area contributed by atoms with Gasteiger partial charge in [-0.2, -0.15) is 0 Å². The number of aryl methyl sites for hydroxylation is 1. The lowest BCUT2D eigenvalue weighted by Crippen LogP contribution is -2.12. The summed E-state index contributed by atoms with van der Waals surface area (Å²) in [5.41, 5.74) is 1.86. The molecular weight excluding hydrogens is 260 g/mol. The molecule has 18 heavy (non-hydrogen) atoms. The number of anilines is 1. The van der Waals surface area contributed by atoms with E-state index in [9.17, 15) is 10.1 Å². The fourth-order valence-electron chi connectivity index (χ4n) is 1.16. The van der Waals surface area contributed by atoms with Crippen LogP contribution >= 0.6 is 11.8 Å². The van der Waals surface area contributed by atoms with E-state index in [1.807, 2.05) is 0 Å². The first-order chi connectivity index (χ1) is 8.63. The van der Waals surface area contributed by atoms with E-state index in [-0.39, 0.29) is 16.5 Å². The molecular formula is C7H8N8O2S. The normalized spacial score (nSPS) is 10.3.